The van der Waals surface area contributed by atoms with E-state index in [1.165, 1.54) is 24.3 Å². The Morgan fingerprint density at radius 3 is 2.50 bits per heavy atom. The molecule has 0 saturated carbocycles. The second-order valence-corrected chi connectivity index (χ2v) is 8.13. The van der Waals surface area contributed by atoms with Gasteiger partial charge >= 0.3 is 6.18 Å². The predicted octanol–water partition coefficient (Wildman–Crippen LogP) is 3.86. The average Bonchev–Trinajstić information content (AvgIpc) is 3.15. The van der Waals surface area contributed by atoms with E-state index in [4.69, 9.17) is 5.41 Å². The van der Waals surface area contributed by atoms with Crippen LogP contribution < -0.4 is 10.9 Å². The van der Waals surface area contributed by atoms with Gasteiger partial charge in [0.25, 0.3) is 5.91 Å². The molecule has 0 aliphatic carbocycles. The molecule has 4 rings (SSSR count). The molecular weight excluding hydrogens is 478 g/mol. The van der Waals surface area contributed by atoms with Crippen LogP contribution in [0.15, 0.2) is 61.3 Å². The molecule has 8 nitrogen and oxygen atoms in total. The number of aryl methyl sites for hydroxylation is 1. The molecule has 186 valence electrons. The summed E-state index contributed by atoms with van der Waals surface area (Å²) in [5.41, 5.74) is -0.339. The third-order valence-electron chi connectivity index (χ3n) is 5.45. The molecule has 12 heteroatoms. The van der Waals surface area contributed by atoms with E-state index in [9.17, 15) is 22.4 Å². The van der Waals surface area contributed by atoms with Gasteiger partial charge in [-0.25, -0.2) is 14.4 Å². The number of amides is 1. The Morgan fingerprint density at radius 1 is 1.14 bits per heavy atom. The Kier molecular flexibility index (Phi) is 6.69. The van der Waals surface area contributed by atoms with E-state index in [1.807, 2.05) is 0 Å². The van der Waals surface area contributed by atoms with Crippen LogP contribution in [-0.4, -0.2) is 30.0 Å². The fourth-order valence-electron chi connectivity index (χ4n) is 3.67. The number of nitrogens with one attached hydrogen (secondary N) is 2. The van der Waals surface area contributed by atoms with Gasteiger partial charge in [-0.1, -0.05) is 6.07 Å². The van der Waals surface area contributed by atoms with Gasteiger partial charge in [0.2, 0.25) is 5.62 Å². The second-order valence-electron chi connectivity index (χ2n) is 8.13. The largest absolute Gasteiger partial charge is 0.433 e. The van der Waals surface area contributed by atoms with Crippen molar-refractivity contribution < 1.29 is 22.4 Å². The van der Waals surface area contributed by atoms with E-state index in [2.05, 4.69) is 20.3 Å². The van der Waals surface area contributed by atoms with Crippen molar-refractivity contribution in [3.05, 3.63) is 95.4 Å². The van der Waals surface area contributed by atoms with Crippen molar-refractivity contribution in [2.24, 2.45) is 7.05 Å². The van der Waals surface area contributed by atoms with Gasteiger partial charge in [-0.15, -0.1) is 0 Å². The average molecular weight is 499 g/mol. The Morgan fingerprint density at radius 2 is 1.86 bits per heavy atom. The number of hydrogen-bond donors (Lipinski definition) is 2. The molecule has 4 aromatic rings. The minimum Gasteiger partial charge on any atom is -0.342 e. The van der Waals surface area contributed by atoms with Gasteiger partial charge in [0.05, 0.1) is 25.0 Å². The molecule has 0 spiro atoms. The van der Waals surface area contributed by atoms with Gasteiger partial charge in [0.1, 0.15) is 5.82 Å². The molecule has 3 heterocycles. The summed E-state index contributed by atoms with van der Waals surface area (Å²) in [5, 5.41) is 10.8. The number of rotatable bonds is 6. The molecule has 1 atom stereocenters. The molecule has 1 unspecified atom stereocenters. The van der Waals surface area contributed by atoms with Crippen LogP contribution in [0.2, 0.25) is 0 Å². The smallest absolute Gasteiger partial charge is 0.342 e. The maximum Gasteiger partial charge on any atom is 0.433 e. The maximum absolute atomic E-state index is 13.7. The molecule has 0 radical (unpaired) electrons. The molecule has 36 heavy (non-hydrogen) atoms. The first-order valence-corrected chi connectivity index (χ1v) is 10.7. The van der Waals surface area contributed by atoms with E-state index >= 15 is 0 Å². The van der Waals surface area contributed by atoms with Crippen molar-refractivity contribution in [3.63, 3.8) is 0 Å². The van der Waals surface area contributed by atoms with Crippen LogP contribution in [-0.2, 0) is 19.8 Å². The fourth-order valence-corrected chi connectivity index (χ4v) is 3.67. The number of pyridine rings is 1. The molecule has 1 amide bonds. The first-order valence-electron chi connectivity index (χ1n) is 10.7. The molecule has 0 aliphatic heterocycles. The van der Waals surface area contributed by atoms with Crippen molar-refractivity contribution in [1.29, 1.82) is 5.41 Å². The lowest BCUT2D eigenvalue weighted by atomic mass is 9.97. The summed E-state index contributed by atoms with van der Waals surface area (Å²) in [5.74, 6) is -1.04. The van der Waals surface area contributed by atoms with Crippen molar-refractivity contribution in [2.75, 3.05) is 0 Å². The van der Waals surface area contributed by atoms with Crippen molar-refractivity contribution in [3.8, 4) is 11.1 Å². The number of aromatic nitrogens is 5. The Bertz CT molecular complexity index is 1460. The van der Waals surface area contributed by atoms with Crippen LogP contribution >= 0.6 is 0 Å². The maximum atomic E-state index is 13.7. The van der Waals surface area contributed by atoms with Gasteiger partial charge in [-0.05, 0) is 42.3 Å². The van der Waals surface area contributed by atoms with Crippen LogP contribution in [0.4, 0.5) is 17.6 Å². The van der Waals surface area contributed by atoms with Gasteiger partial charge in [0, 0.05) is 36.8 Å². The van der Waals surface area contributed by atoms with Crippen LogP contribution in [0, 0.1) is 11.2 Å². The quantitative estimate of drug-likeness (QED) is 0.394. The zero-order chi connectivity index (χ0) is 26.0. The van der Waals surface area contributed by atoms with Gasteiger partial charge in [-0.2, -0.15) is 13.2 Å². The number of halogens is 4. The Balaban J connectivity index is 1.76. The van der Waals surface area contributed by atoms with E-state index in [-0.39, 0.29) is 34.7 Å². The fraction of sp³-hybridized carbons (Fsp3) is 0.208. The number of alkyl halides is 3. The Labute approximate surface area is 202 Å². The minimum atomic E-state index is -4.70. The summed E-state index contributed by atoms with van der Waals surface area (Å²) in [7, 11) is 1.69. The monoisotopic (exact) mass is 499 g/mol. The standard InChI is InChI=1S/C24H21F4N7O/c1-14(21-31-11-18(25)12-32-21)33-22(36)17-9-15(13-35-7-6-34(2)23(35)29)8-16(10-17)19-4-3-5-30-20(19)24(26,27)28/h3-12,14,29H,13H2,1-2H3,(H,33,36). The summed E-state index contributed by atoms with van der Waals surface area (Å²) < 4.78 is 57.3. The van der Waals surface area contributed by atoms with Gasteiger partial charge < -0.3 is 14.5 Å². The normalized spacial score (nSPS) is 12.4. The number of carbonyl (C=O) groups is 1. The summed E-state index contributed by atoms with van der Waals surface area (Å²) >= 11 is 0. The number of benzene rings is 1. The lowest BCUT2D eigenvalue weighted by molar-refractivity contribution is -0.140. The summed E-state index contributed by atoms with van der Waals surface area (Å²) in [4.78, 5) is 24.3. The molecular formula is C24H21F4N7O. The lowest BCUT2D eigenvalue weighted by Gasteiger charge is -2.16. The minimum absolute atomic E-state index is 0.0940. The molecule has 1 aromatic carbocycles. The van der Waals surface area contributed by atoms with Gasteiger partial charge in [0.15, 0.2) is 11.5 Å². The summed E-state index contributed by atoms with van der Waals surface area (Å²) in [6, 6.07) is 6.41. The van der Waals surface area contributed by atoms with Crippen LogP contribution in [0.5, 0.6) is 0 Å². The highest BCUT2D eigenvalue weighted by Gasteiger charge is 2.35. The third kappa shape index (κ3) is 5.32. The second kappa shape index (κ2) is 9.72. The molecule has 0 saturated heterocycles. The number of nitrogens with zero attached hydrogens (tertiary/aromatic N) is 5. The summed E-state index contributed by atoms with van der Waals surface area (Å²) in [6.07, 6.45) is 1.63. The van der Waals surface area contributed by atoms with Crippen LogP contribution in [0.25, 0.3) is 11.1 Å². The topological polar surface area (TPSA) is 101 Å². The first-order chi connectivity index (χ1) is 17.0. The summed E-state index contributed by atoms with van der Waals surface area (Å²) in [6.45, 7) is 1.75. The van der Waals surface area contributed by atoms with Crippen molar-refractivity contribution in [2.45, 2.75) is 25.7 Å². The van der Waals surface area contributed by atoms with Gasteiger partial charge in [-0.3, -0.25) is 15.2 Å². The van der Waals surface area contributed by atoms with E-state index in [0.717, 1.165) is 18.6 Å². The number of hydrogen-bond acceptors (Lipinski definition) is 5. The van der Waals surface area contributed by atoms with E-state index < -0.39 is 29.6 Å². The predicted molar refractivity (Wildman–Crippen MR) is 121 cm³/mol. The molecule has 0 fully saturated rings. The van der Waals surface area contributed by atoms with Crippen molar-refractivity contribution in [1.82, 2.24) is 29.4 Å². The molecule has 3 aromatic heterocycles. The van der Waals surface area contributed by atoms with Crippen LogP contribution in [0.1, 0.15) is 40.4 Å². The van der Waals surface area contributed by atoms with Crippen LogP contribution in [0.3, 0.4) is 0 Å². The zero-order valence-electron chi connectivity index (χ0n) is 19.2. The van der Waals surface area contributed by atoms with E-state index in [0.29, 0.717) is 5.56 Å². The third-order valence-corrected chi connectivity index (χ3v) is 5.45. The van der Waals surface area contributed by atoms with E-state index in [1.54, 1.807) is 41.6 Å². The highest BCUT2D eigenvalue weighted by Crippen LogP contribution is 2.36. The number of imidazole rings is 1. The zero-order valence-corrected chi connectivity index (χ0v) is 19.2. The lowest BCUT2D eigenvalue weighted by Crippen LogP contribution is -2.28. The highest BCUT2D eigenvalue weighted by atomic mass is 19.4. The number of carbonyl (C=O) groups excluding carboxylic acids is 1. The highest BCUT2D eigenvalue weighted by molar-refractivity contribution is 5.96. The molecule has 0 aliphatic rings. The van der Waals surface area contributed by atoms with Crippen molar-refractivity contribution >= 4 is 5.91 Å². The SMILES string of the molecule is CC(NC(=O)c1cc(Cn2ccn(C)c2=N)cc(-c2cccnc2C(F)(F)F)c1)c1ncc(F)cn1. The molecule has 2 N–H and O–H groups in total. The Hall–Kier alpha value is -4.35. The molecule has 0 bridgehead atoms. The first kappa shape index (κ1) is 24.8.